The van der Waals surface area contributed by atoms with Crippen molar-refractivity contribution in [2.24, 2.45) is 11.7 Å². The maximum Gasteiger partial charge on any atom is 0.243 e. The van der Waals surface area contributed by atoms with Crippen LogP contribution in [0.2, 0.25) is 0 Å². The first kappa shape index (κ1) is 17.4. The van der Waals surface area contributed by atoms with Crippen LogP contribution in [0.25, 0.3) is 0 Å². The Hall–Kier alpha value is -1.67. The lowest BCUT2D eigenvalue weighted by molar-refractivity contribution is -0.147. The Kier molecular flexibility index (Phi) is 6.57. The van der Waals surface area contributed by atoms with E-state index < -0.39 is 23.9 Å². The molecule has 0 unspecified atom stereocenters. The van der Waals surface area contributed by atoms with Crippen LogP contribution in [0.3, 0.4) is 0 Å². The van der Waals surface area contributed by atoms with Crippen LogP contribution >= 0.6 is 0 Å². The Labute approximate surface area is 124 Å². The van der Waals surface area contributed by atoms with Crippen molar-refractivity contribution in [3.8, 4) is 0 Å². The second kappa shape index (κ2) is 7.94. The molecule has 5 N–H and O–H groups in total. The fourth-order valence-electron chi connectivity index (χ4n) is 2.29. The molecule has 2 atom stereocenters. The standard InChI is InChI=1S/C13H24N4O4/c1-8(2)6-9(12(19)15-7-11(14)18)16-13(20)10-4-3-5-17(10)21/h8-10,21H,3-7H2,1-2H3,(H2,14,18)(H,15,19)(H,16,20)/t9-,10-/m0/s1. The molecule has 0 aromatic heterocycles. The van der Waals surface area contributed by atoms with E-state index in [4.69, 9.17) is 5.73 Å². The van der Waals surface area contributed by atoms with Crippen LogP contribution in [0.1, 0.15) is 33.1 Å². The van der Waals surface area contributed by atoms with Crippen LogP contribution in [-0.2, 0) is 14.4 Å². The Bertz CT molecular complexity index is 400. The average Bonchev–Trinajstić information content (AvgIpc) is 2.80. The third-order valence-electron chi connectivity index (χ3n) is 3.30. The molecule has 0 radical (unpaired) electrons. The first-order valence-electron chi connectivity index (χ1n) is 7.13. The number of nitrogens with one attached hydrogen (secondary N) is 2. The van der Waals surface area contributed by atoms with E-state index in [9.17, 15) is 19.6 Å². The summed E-state index contributed by atoms with van der Waals surface area (Å²) < 4.78 is 0. The quantitative estimate of drug-likeness (QED) is 0.478. The van der Waals surface area contributed by atoms with E-state index in [0.717, 1.165) is 11.5 Å². The molecule has 1 aliphatic rings. The number of primary amides is 1. The van der Waals surface area contributed by atoms with Crippen molar-refractivity contribution in [3.63, 3.8) is 0 Å². The molecule has 0 bridgehead atoms. The van der Waals surface area contributed by atoms with Crippen molar-refractivity contribution in [2.45, 2.75) is 45.2 Å². The van der Waals surface area contributed by atoms with Gasteiger partial charge >= 0.3 is 0 Å². The molecule has 120 valence electrons. The van der Waals surface area contributed by atoms with Crippen LogP contribution in [0.5, 0.6) is 0 Å². The van der Waals surface area contributed by atoms with Gasteiger partial charge in [-0.25, -0.2) is 0 Å². The van der Waals surface area contributed by atoms with Gasteiger partial charge in [-0.05, 0) is 25.2 Å². The van der Waals surface area contributed by atoms with Crippen molar-refractivity contribution in [3.05, 3.63) is 0 Å². The van der Waals surface area contributed by atoms with Crippen LogP contribution < -0.4 is 16.4 Å². The number of amides is 3. The molecule has 0 aliphatic carbocycles. The Morgan fingerprint density at radius 1 is 1.38 bits per heavy atom. The summed E-state index contributed by atoms with van der Waals surface area (Å²) >= 11 is 0. The number of carbonyl (C=O) groups is 3. The van der Waals surface area contributed by atoms with Gasteiger partial charge < -0.3 is 21.6 Å². The van der Waals surface area contributed by atoms with Crippen LogP contribution in [0, 0.1) is 5.92 Å². The van der Waals surface area contributed by atoms with E-state index in [-0.39, 0.29) is 18.4 Å². The molecule has 3 amide bonds. The minimum absolute atomic E-state index is 0.184. The van der Waals surface area contributed by atoms with Crippen molar-refractivity contribution in [2.75, 3.05) is 13.1 Å². The van der Waals surface area contributed by atoms with Gasteiger partial charge in [-0.15, -0.1) is 0 Å². The summed E-state index contributed by atoms with van der Waals surface area (Å²) in [4.78, 5) is 34.8. The number of hydrogen-bond donors (Lipinski definition) is 4. The van der Waals surface area contributed by atoms with E-state index in [0.29, 0.717) is 19.4 Å². The highest BCUT2D eigenvalue weighted by atomic mass is 16.5. The van der Waals surface area contributed by atoms with Crippen LogP contribution in [0.4, 0.5) is 0 Å². The summed E-state index contributed by atoms with van der Waals surface area (Å²) in [5.41, 5.74) is 4.98. The molecule has 1 heterocycles. The Morgan fingerprint density at radius 3 is 2.52 bits per heavy atom. The fourth-order valence-corrected chi connectivity index (χ4v) is 2.29. The number of carbonyl (C=O) groups excluding carboxylic acids is 3. The maximum absolute atomic E-state index is 12.1. The SMILES string of the molecule is CC(C)C[C@H](NC(=O)[C@@H]1CCCN1O)C(=O)NCC(N)=O. The molecule has 21 heavy (non-hydrogen) atoms. The van der Waals surface area contributed by atoms with Gasteiger partial charge in [0, 0.05) is 6.54 Å². The maximum atomic E-state index is 12.1. The van der Waals surface area contributed by atoms with E-state index in [1.807, 2.05) is 13.8 Å². The highest BCUT2D eigenvalue weighted by Gasteiger charge is 2.32. The van der Waals surface area contributed by atoms with Crippen LogP contribution in [-0.4, -0.2) is 53.2 Å². The van der Waals surface area contributed by atoms with Gasteiger partial charge in [-0.2, -0.15) is 5.06 Å². The van der Waals surface area contributed by atoms with Gasteiger partial charge in [0.25, 0.3) is 0 Å². The monoisotopic (exact) mass is 300 g/mol. The van der Waals surface area contributed by atoms with Crippen molar-refractivity contribution < 1.29 is 19.6 Å². The molecule has 0 aromatic rings. The lowest BCUT2D eigenvalue weighted by Crippen LogP contribution is -2.53. The summed E-state index contributed by atoms with van der Waals surface area (Å²) in [5.74, 6) is -1.29. The number of hydroxylamine groups is 2. The average molecular weight is 300 g/mol. The third kappa shape index (κ3) is 5.68. The minimum Gasteiger partial charge on any atom is -0.368 e. The summed E-state index contributed by atoms with van der Waals surface area (Å²) in [5, 5.41) is 15.6. The predicted molar refractivity (Wildman–Crippen MR) is 75.1 cm³/mol. The van der Waals surface area contributed by atoms with Gasteiger partial charge in [0.05, 0.1) is 6.54 Å². The second-order valence-corrected chi connectivity index (χ2v) is 5.70. The molecular formula is C13H24N4O4. The zero-order valence-electron chi connectivity index (χ0n) is 12.5. The Morgan fingerprint density at radius 2 is 2.05 bits per heavy atom. The van der Waals surface area contributed by atoms with Gasteiger partial charge in [-0.1, -0.05) is 13.8 Å². The largest absolute Gasteiger partial charge is 0.368 e. The fraction of sp³-hybridized carbons (Fsp3) is 0.769. The lowest BCUT2D eigenvalue weighted by atomic mass is 10.0. The van der Waals surface area contributed by atoms with Crippen LogP contribution in [0.15, 0.2) is 0 Å². The van der Waals surface area contributed by atoms with Gasteiger partial charge in [0.1, 0.15) is 12.1 Å². The molecule has 0 saturated carbocycles. The highest BCUT2D eigenvalue weighted by molar-refractivity contribution is 5.91. The van der Waals surface area contributed by atoms with Crippen molar-refractivity contribution in [1.29, 1.82) is 0 Å². The summed E-state index contributed by atoms with van der Waals surface area (Å²) in [6.45, 7) is 4.03. The Balaban J connectivity index is 2.62. The molecule has 1 aliphatic heterocycles. The van der Waals surface area contributed by atoms with E-state index in [1.165, 1.54) is 0 Å². The van der Waals surface area contributed by atoms with Gasteiger partial charge in [-0.3, -0.25) is 14.4 Å². The zero-order valence-corrected chi connectivity index (χ0v) is 12.5. The van der Waals surface area contributed by atoms with E-state index in [2.05, 4.69) is 10.6 Å². The number of hydrogen-bond acceptors (Lipinski definition) is 5. The molecule has 8 nitrogen and oxygen atoms in total. The third-order valence-corrected chi connectivity index (χ3v) is 3.30. The second-order valence-electron chi connectivity index (χ2n) is 5.70. The molecule has 1 rings (SSSR count). The first-order valence-corrected chi connectivity index (χ1v) is 7.13. The van der Waals surface area contributed by atoms with E-state index in [1.54, 1.807) is 0 Å². The molecule has 8 heteroatoms. The molecule has 1 fully saturated rings. The van der Waals surface area contributed by atoms with Gasteiger partial charge in [0.2, 0.25) is 17.7 Å². The number of rotatable bonds is 7. The molecular weight excluding hydrogens is 276 g/mol. The van der Waals surface area contributed by atoms with Crippen molar-refractivity contribution >= 4 is 17.7 Å². The lowest BCUT2D eigenvalue weighted by Gasteiger charge is -2.23. The predicted octanol–water partition coefficient (Wildman–Crippen LogP) is -1.03. The number of nitrogens with two attached hydrogens (primary N) is 1. The first-order chi connectivity index (χ1) is 9.81. The normalized spacial score (nSPS) is 20.3. The highest BCUT2D eigenvalue weighted by Crippen LogP contribution is 2.15. The van der Waals surface area contributed by atoms with Gasteiger partial charge in [0.15, 0.2) is 0 Å². The number of nitrogens with zero attached hydrogens (tertiary/aromatic N) is 1. The van der Waals surface area contributed by atoms with E-state index >= 15 is 0 Å². The van der Waals surface area contributed by atoms with Crippen molar-refractivity contribution in [1.82, 2.24) is 15.7 Å². The summed E-state index contributed by atoms with van der Waals surface area (Å²) in [6.07, 6.45) is 1.73. The molecule has 0 aromatic carbocycles. The zero-order chi connectivity index (χ0) is 16.0. The smallest absolute Gasteiger partial charge is 0.243 e. The topological polar surface area (TPSA) is 125 Å². The molecule has 1 saturated heterocycles. The minimum atomic E-state index is -0.745. The molecule has 0 spiro atoms. The summed E-state index contributed by atoms with van der Waals surface area (Å²) in [6, 6.07) is -1.37. The summed E-state index contributed by atoms with van der Waals surface area (Å²) in [7, 11) is 0.